The minimum absolute atomic E-state index is 0.459. The van der Waals surface area contributed by atoms with Gasteiger partial charge in [0.25, 0.3) is 0 Å². The van der Waals surface area contributed by atoms with E-state index in [2.05, 4.69) is 58.9 Å². The summed E-state index contributed by atoms with van der Waals surface area (Å²) in [5.41, 5.74) is 2.43. The molecule has 0 saturated carbocycles. The first-order chi connectivity index (χ1) is 9.11. The third-order valence-corrected chi connectivity index (χ3v) is 2.54. The molecule has 2 aromatic heterocycles. The molecule has 19 heavy (non-hydrogen) atoms. The fourth-order valence-corrected chi connectivity index (χ4v) is 1.50. The topological polar surface area (TPSA) is 116 Å². The first kappa shape index (κ1) is 17.9. The van der Waals surface area contributed by atoms with E-state index in [4.69, 9.17) is 5.84 Å². The number of rotatable bonds is 1. The van der Waals surface area contributed by atoms with Gasteiger partial charge in [0.05, 0.1) is 0 Å². The highest BCUT2D eigenvalue weighted by molar-refractivity contribution is 9.10. The molecule has 6 nitrogen and oxygen atoms in total. The van der Waals surface area contributed by atoms with Gasteiger partial charge >= 0.3 is 0 Å². The summed E-state index contributed by atoms with van der Waals surface area (Å²) >= 11 is 6.35. The van der Waals surface area contributed by atoms with Crippen molar-refractivity contribution in [1.29, 1.82) is 0 Å². The fraction of sp³-hybridized carbons (Fsp3) is 0. The Hall–Kier alpha value is -1.13. The third kappa shape index (κ3) is 8.56. The van der Waals surface area contributed by atoms with Crippen molar-refractivity contribution in [3.05, 3.63) is 51.6 Å². The van der Waals surface area contributed by atoms with Gasteiger partial charge in [-0.05, 0) is 18.2 Å². The second-order valence-electron chi connectivity index (χ2n) is 2.80. The van der Waals surface area contributed by atoms with Gasteiger partial charge < -0.3 is 5.43 Å². The van der Waals surface area contributed by atoms with Crippen LogP contribution in [0.25, 0.3) is 0 Å². The molecular formula is C10H13Br2FN6. The molecule has 7 N–H and O–H groups in total. The summed E-state index contributed by atoms with van der Waals surface area (Å²) in [7, 11) is 0. The quantitative estimate of drug-likeness (QED) is 0.333. The Morgan fingerprint density at radius 1 is 1.00 bits per heavy atom. The Morgan fingerprint density at radius 3 is 1.84 bits per heavy atom. The number of hydrogen-bond acceptors (Lipinski definition) is 6. The maximum atomic E-state index is 12.0. The van der Waals surface area contributed by atoms with Crippen LogP contribution in [-0.4, -0.2) is 9.97 Å². The minimum atomic E-state index is -0.459. The average molecular weight is 396 g/mol. The van der Waals surface area contributed by atoms with E-state index in [1.165, 1.54) is 12.3 Å². The van der Waals surface area contributed by atoms with Crippen LogP contribution < -0.4 is 23.0 Å². The van der Waals surface area contributed by atoms with Crippen LogP contribution in [0, 0.1) is 5.95 Å². The maximum absolute atomic E-state index is 12.0. The standard InChI is InChI=1S/C5H3BrFN.C5H6BrN3.H4N2/c6-4-1-2-8-5(7)3-4;6-4-1-2-8-5(3-4)9-7;1-2/h1-3H;1-3H,7H2,(H,8,9);1-2H2. The lowest BCUT2D eigenvalue weighted by molar-refractivity contribution is 0.583. The summed E-state index contributed by atoms with van der Waals surface area (Å²) in [6, 6.07) is 6.60. The molecule has 0 spiro atoms. The van der Waals surface area contributed by atoms with E-state index in [0.29, 0.717) is 10.3 Å². The summed E-state index contributed by atoms with van der Waals surface area (Å²) < 4.78 is 13.7. The number of aromatic nitrogens is 2. The zero-order valence-corrected chi connectivity index (χ0v) is 12.9. The van der Waals surface area contributed by atoms with Crippen molar-refractivity contribution in [2.45, 2.75) is 0 Å². The van der Waals surface area contributed by atoms with Crippen molar-refractivity contribution >= 4 is 37.7 Å². The van der Waals surface area contributed by atoms with Gasteiger partial charge in [-0.1, -0.05) is 31.9 Å². The smallest absolute Gasteiger partial charge is 0.213 e. The van der Waals surface area contributed by atoms with Gasteiger partial charge in [-0.2, -0.15) is 4.39 Å². The van der Waals surface area contributed by atoms with Gasteiger partial charge in [0.15, 0.2) is 0 Å². The molecule has 2 heterocycles. The predicted molar refractivity (Wildman–Crippen MR) is 80.0 cm³/mol. The van der Waals surface area contributed by atoms with Crippen LogP contribution in [0.3, 0.4) is 0 Å². The third-order valence-electron chi connectivity index (χ3n) is 1.56. The van der Waals surface area contributed by atoms with Crippen LogP contribution in [0.4, 0.5) is 10.2 Å². The Morgan fingerprint density at radius 2 is 1.53 bits per heavy atom. The number of halogens is 3. The molecule has 0 aliphatic rings. The highest BCUT2D eigenvalue weighted by Crippen LogP contribution is 2.10. The number of hydrazine groups is 2. The Labute approximate surface area is 126 Å². The Balaban J connectivity index is 0.000000303. The maximum Gasteiger partial charge on any atom is 0.213 e. The van der Waals surface area contributed by atoms with Crippen LogP contribution in [0.15, 0.2) is 45.6 Å². The second kappa shape index (κ2) is 10.8. The van der Waals surface area contributed by atoms with Crippen molar-refractivity contribution in [2.24, 2.45) is 17.5 Å². The molecule has 2 aromatic rings. The molecular weight excluding hydrogens is 383 g/mol. The van der Waals surface area contributed by atoms with Crippen molar-refractivity contribution in [1.82, 2.24) is 9.97 Å². The number of nitrogens with two attached hydrogens (primary N) is 3. The molecule has 0 bridgehead atoms. The Kier molecular flexibility index (Phi) is 10.1. The van der Waals surface area contributed by atoms with Gasteiger partial charge in [0.1, 0.15) is 5.82 Å². The predicted octanol–water partition coefficient (Wildman–Crippen LogP) is 1.93. The summed E-state index contributed by atoms with van der Waals surface area (Å²) in [6.45, 7) is 0. The SMILES string of the molecule is Fc1cc(Br)ccn1.NN.NNc1cc(Br)ccn1. The minimum Gasteiger partial charge on any atom is -0.308 e. The highest BCUT2D eigenvalue weighted by Gasteiger charge is 1.88. The molecule has 2 rings (SSSR count). The lowest BCUT2D eigenvalue weighted by Crippen LogP contribution is -2.07. The molecule has 0 fully saturated rings. The number of pyridine rings is 2. The van der Waals surface area contributed by atoms with Crippen LogP contribution in [0.5, 0.6) is 0 Å². The summed E-state index contributed by atoms with van der Waals surface area (Å²) in [5, 5.41) is 0. The number of anilines is 1. The normalized spacial score (nSPS) is 8.53. The van der Waals surface area contributed by atoms with Crippen LogP contribution in [0.2, 0.25) is 0 Å². The molecule has 0 radical (unpaired) electrons. The van der Waals surface area contributed by atoms with Gasteiger partial charge in [0, 0.05) is 27.4 Å². The van der Waals surface area contributed by atoms with E-state index >= 15 is 0 Å². The van der Waals surface area contributed by atoms with Crippen LogP contribution >= 0.6 is 31.9 Å². The summed E-state index contributed by atoms with van der Waals surface area (Å²) in [6.07, 6.45) is 3.07. The molecule has 0 aromatic carbocycles. The zero-order chi connectivity index (χ0) is 14.7. The number of nitrogens with one attached hydrogen (secondary N) is 1. The molecule has 104 valence electrons. The Bertz CT molecular complexity index is 468. The van der Waals surface area contributed by atoms with E-state index < -0.39 is 5.95 Å². The van der Waals surface area contributed by atoms with E-state index in [1.807, 2.05) is 6.07 Å². The lowest BCUT2D eigenvalue weighted by atomic mass is 10.5. The monoisotopic (exact) mass is 394 g/mol. The van der Waals surface area contributed by atoms with Gasteiger partial charge in [-0.15, -0.1) is 0 Å². The second-order valence-corrected chi connectivity index (χ2v) is 4.63. The molecule has 0 unspecified atom stereocenters. The van der Waals surface area contributed by atoms with E-state index in [0.717, 1.165) is 4.47 Å². The van der Waals surface area contributed by atoms with E-state index in [1.54, 1.807) is 18.3 Å². The van der Waals surface area contributed by atoms with E-state index in [-0.39, 0.29) is 0 Å². The van der Waals surface area contributed by atoms with E-state index in [9.17, 15) is 4.39 Å². The lowest BCUT2D eigenvalue weighted by Gasteiger charge is -1.95. The van der Waals surface area contributed by atoms with Crippen molar-refractivity contribution in [3.8, 4) is 0 Å². The molecule has 0 aliphatic heterocycles. The first-order valence-corrected chi connectivity index (χ1v) is 6.39. The molecule has 0 atom stereocenters. The van der Waals surface area contributed by atoms with Gasteiger partial charge in [-0.3, -0.25) is 11.7 Å². The molecule has 0 saturated heterocycles. The fourth-order valence-electron chi connectivity index (χ4n) is 0.863. The van der Waals surface area contributed by atoms with Crippen molar-refractivity contribution in [2.75, 3.05) is 5.43 Å². The molecule has 9 heteroatoms. The van der Waals surface area contributed by atoms with Gasteiger partial charge in [0.2, 0.25) is 5.95 Å². The number of nitrogens with zero attached hydrogens (tertiary/aromatic N) is 2. The van der Waals surface area contributed by atoms with Crippen molar-refractivity contribution in [3.63, 3.8) is 0 Å². The van der Waals surface area contributed by atoms with Crippen LogP contribution in [-0.2, 0) is 0 Å². The largest absolute Gasteiger partial charge is 0.308 e. The number of nitrogen functional groups attached to an aromatic ring is 1. The summed E-state index contributed by atoms with van der Waals surface area (Å²) in [5.74, 6) is 13.3. The average Bonchev–Trinajstić information content (AvgIpc) is 2.41. The molecule has 0 aliphatic carbocycles. The summed E-state index contributed by atoms with van der Waals surface area (Å²) in [4.78, 5) is 7.24. The number of hydrogen-bond donors (Lipinski definition) is 4. The van der Waals surface area contributed by atoms with Gasteiger partial charge in [-0.25, -0.2) is 15.8 Å². The van der Waals surface area contributed by atoms with Crippen LogP contribution in [0.1, 0.15) is 0 Å². The zero-order valence-electron chi connectivity index (χ0n) is 9.72. The highest BCUT2D eigenvalue weighted by atomic mass is 79.9. The van der Waals surface area contributed by atoms with Crippen molar-refractivity contribution < 1.29 is 4.39 Å². The first-order valence-electron chi connectivity index (χ1n) is 4.80. The molecule has 0 amide bonds.